The molecule has 1 aromatic heterocycles. The zero-order chi connectivity index (χ0) is 15.8. The van der Waals surface area contributed by atoms with Gasteiger partial charge in [0.2, 0.25) is 11.8 Å². The van der Waals surface area contributed by atoms with Crippen molar-refractivity contribution in [1.29, 1.82) is 0 Å². The van der Waals surface area contributed by atoms with Gasteiger partial charge in [0, 0.05) is 18.3 Å². The maximum absolute atomic E-state index is 12.3. The van der Waals surface area contributed by atoms with E-state index in [1.165, 1.54) is 23.2 Å². The van der Waals surface area contributed by atoms with Gasteiger partial charge in [-0.1, -0.05) is 13.0 Å². The smallest absolute Gasteiger partial charge is 0.323 e. The molecule has 7 heteroatoms. The Morgan fingerprint density at radius 3 is 2.62 bits per heavy atom. The van der Waals surface area contributed by atoms with Crippen LogP contribution in [0.3, 0.4) is 0 Å². The molecular weight excluding hydrogens is 292 g/mol. The number of aliphatic carboxylic acids is 1. The van der Waals surface area contributed by atoms with E-state index in [0.29, 0.717) is 13.0 Å². The Morgan fingerprint density at radius 1 is 1.43 bits per heavy atom. The Balaban J connectivity index is 2.78. The molecule has 0 aliphatic rings. The number of carboxylic acids is 1. The lowest BCUT2D eigenvalue weighted by atomic mass is 10.1. The summed E-state index contributed by atoms with van der Waals surface area (Å²) in [4.78, 5) is 36.6. The van der Waals surface area contributed by atoms with Crippen molar-refractivity contribution in [3.05, 3.63) is 22.4 Å². The zero-order valence-electron chi connectivity index (χ0n) is 12.2. The molecule has 0 fully saturated rings. The molecule has 116 valence electrons. The Hall–Kier alpha value is -1.89. The minimum absolute atomic E-state index is 0.0629. The van der Waals surface area contributed by atoms with Gasteiger partial charge in [0.25, 0.3) is 0 Å². The van der Waals surface area contributed by atoms with E-state index in [2.05, 4.69) is 5.32 Å². The number of carbonyl (C=O) groups is 3. The van der Waals surface area contributed by atoms with Crippen molar-refractivity contribution in [2.75, 3.05) is 13.1 Å². The van der Waals surface area contributed by atoms with Gasteiger partial charge < -0.3 is 15.3 Å². The number of nitrogens with one attached hydrogen (secondary N) is 1. The van der Waals surface area contributed by atoms with Crippen LogP contribution in [-0.4, -0.2) is 40.9 Å². The van der Waals surface area contributed by atoms with Gasteiger partial charge >= 0.3 is 5.97 Å². The molecule has 0 aliphatic heterocycles. The van der Waals surface area contributed by atoms with Crippen LogP contribution in [0, 0.1) is 0 Å². The van der Waals surface area contributed by atoms with E-state index >= 15 is 0 Å². The summed E-state index contributed by atoms with van der Waals surface area (Å²) >= 11 is 1.45. The second-order valence-electron chi connectivity index (χ2n) is 4.68. The molecule has 0 saturated heterocycles. The van der Waals surface area contributed by atoms with E-state index < -0.39 is 12.0 Å². The van der Waals surface area contributed by atoms with Crippen LogP contribution >= 0.6 is 11.3 Å². The maximum atomic E-state index is 12.3. The summed E-state index contributed by atoms with van der Waals surface area (Å²) in [5, 5.41) is 13.5. The number of rotatable bonds is 8. The Morgan fingerprint density at radius 2 is 2.14 bits per heavy atom. The van der Waals surface area contributed by atoms with Gasteiger partial charge in [-0.05, 0) is 17.9 Å². The number of thiophene rings is 1. The molecule has 2 amide bonds. The molecule has 0 spiro atoms. The summed E-state index contributed by atoms with van der Waals surface area (Å²) in [6.07, 6.45) is 0.746. The highest BCUT2D eigenvalue weighted by Gasteiger charge is 2.22. The van der Waals surface area contributed by atoms with Crippen molar-refractivity contribution in [3.63, 3.8) is 0 Å². The first-order valence-corrected chi connectivity index (χ1v) is 7.62. The number of hydrogen-bond acceptors (Lipinski definition) is 4. The van der Waals surface area contributed by atoms with Crippen LogP contribution in [0.5, 0.6) is 0 Å². The minimum atomic E-state index is -1.04. The van der Waals surface area contributed by atoms with Crippen molar-refractivity contribution in [2.24, 2.45) is 0 Å². The molecule has 1 rings (SSSR count). The van der Waals surface area contributed by atoms with Gasteiger partial charge in [-0.15, -0.1) is 11.3 Å². The SMILES string of the molecule is CCCN(CC(=O)O)C(=O)CC(NC(C)=O)c1cccs1. The van der Waals surface area contributed by atoms with Gasteiger partial charge in [0.05, 0.1) is 12.5 Å². The van der Waals surface area contributed by atoms with E-state index in [-0.39, 0.29) is 24.8 Å². The summed E-state index contributed by atoms with van der Waals surface area (Å²) in [5.41, 5.74) is 0. The molecule has 0 aromatic carbocycles. The molecule has 0 radical (unpaired) electrons. The molecule has 1 unspecified atom stereocenters. The number of carbonyl (C=O) groups excluding carboxylic acids is 2. The van der Waals surface area contributed by atoms with Gasteiger partial charge in [0.15, 0.2) is 0 Å². The third-order valence-electron chi connectivity index (χ3n) is 2.82. The first-order chi connectivity index (χ1) is 9.93. The number of nitrogens with zero attached hydrogens (tertiary/aromatic N) is 1. The molecule has 1 aromatic rings. The Kier molecular flexibility index (Phi) is 6.87. The van der Waals surface area contributed by atoms with Gasteiger partial charge in [-0.25, -0.2) is 0 Å². The maximum Gasteiger partial charge on any atom is 0.323 e. The van der Waals surface area contributed by atoms with Crippen LogP contribution in [0.15, 0.2) is 17.5 Å². The quantitative estimate of drug-likeness (QED) is 0.764. The molecule has 0 aliphatic carbocycles. The van der Waals surface area contributed by atoms with Crippen LogP contribution in [0.25, 0.3) is 0 Å². The third-order valence-corrected chi connectivity index (χ3v) is 3.80. The van der Waals surface area contributed by atoms with Gasteiger partial charge in [0.1, 0.15) is 6.54 Å². The van der Waals surface area contributed by atoms with E-state index in [0.717, 1.165) is 4.88 Å². The van der Waals surface area contributed by atoms with E-state index in [1.54, 1.807) is 0 Å². The van der Waals surface area contributed by atoms with Crippen molar-refractivity contribution < 1.29 is 19.5 Å². The highest BCUT2D eigenvalue weighted by atomic mass is 32.1. The predicted octanol–water partition coefficient (Wildman–Crippen LogP) is 1.64. The number of hydrogen-bond donors (Lipinski definition) is 2. The van der Waals surface area contributed by atoms with Crippen molar-refractivity contribution >= 4 is 29.1 Å². The topological polar surface area (TPSA) is 86.7 Å². The van der Waals surface area contributed by atoms with Gasteiger partial charge in [-0.3, -0.25) is 14.4 Å². The van der Waals surface area contributed by atoms with Crippen LogP contribution in [0.4, 0.5) is 0 Å². The highest BCUT2D eigenvalue weighted by molar-refractivity contribution is 7.10. The lowest BCUT2D eigenvalue weighted by Crippen LogP contribution is -2.39. The molecule has 0 bridgehead atoms. The summed E-state index contributed by atoms with van der Waals surface area (Å²) in [6, 6.07) is 3.28. The summed E-state index contributed by atoms with van der Waals surface area (Å²) in [5.74, 6) is -1.53. The van der Waals surface area contributed by atoms with E-state index in [9.17, 15) is 14.4 Å². The molecule has 2 N–H and O–H groups in total. The van der Waals surface area contributed by atoms with Gasteiger partial charge in [-0.2, -0.15) is 0 Å². The predicted molar refractivity (Wildman–Crippen MR) is 80.0 cm³/mol. The lowest BCUT2D eigenvalue weighted by molar-refractivity contribution is -0.144. The zero-order valence-corrected chi connectivity index (χ0v) is 13.0. The van der Waals surface area contributed by atoms with Crippen molar-refractivity contribution in [3.8, 4) is 0 Å². The molecule has 0 saturated carbocycles. The lowest BCUT2D eigenvalue weighted by Gasteiger charge is -2.23. The highest BCUT2D eigenvalue weighted by Crippen LogP contribution is 2.23. The first kappa shape index (κ1) is 17.2. The fraction of sp³-hybridized carbons (Fsp3) is 0.500. The number of amides is 2. The van der Waals surface area contributed by atoms with Crippen molar-refractivity contribution in [1.82, 2.24) is 10.2 Å². The summed E-state index contributed by atoms with van der Waals surface area (Å²) in [6.45, 7) is 3.35. The third kappa shape index (κ3) is 5.95. The molecule has 6 nitrogen and oxygen atoms in total. The first-order valence-electron chi connectivity index (χ1n) is 6.74. The van der Waals surface area contributed by atoms with E-state index in [4.69, 9.17) is 5.11 Å². The van der Waals surface area contributed by atoms with E-state index in [1.807, 2.05) is 24.4 Å². The standard InChI is InChI=1S/C14H20N2O4S/c1-3-6-16(9-14(19)20)13(18)8-11(15-10(2)17)12-5-4-7-21-12/h4-5,7,11H,3,6,8-9H2,1-2H3,(H,15,17)(H,19,20). The average molecular weight is 312 g/mol. The number of carboxylic acid groups (broad SMARTS) is 1. The summed E-state index contributed by atoms with van der Waals surface area (Å²) in [7, 11) is 0. The largest absolute Gasteiger partial charge is 0.480 e. The Labute approximate surface area is 127 Å². The molecular formula is C14H20N2O4S. The molecule has 21 heavy (non-hydrogen) atoms. The fourth-order valence-electron chi connectivity index (χ4n) is 1.99. The summed E-state index contributed by atoms with van der Waals surface area (Å²) < 4.78 is 0. The average Bonchev–Trinajstić information content (AvgIpc) is 2.90. The van der Waals surface area contributed by atoms with Crippen LogP contribution in [0.2, 0.25) is 0 Å². The van der Waals surface area contributed by atoms with Crippen LogP contribution in [-0.2, 0) is 14.4 Å². The normalized spacial score (nSPS) is 11.7. The fourth-order valence-corrected chi connectivity index (χ4v) is 2.76. The minimum Gasteiger partial charge on any atom is -0.480 e. The second kappa shape index (κ2) is 8.41. The van der Waals surface area contributed by atoms with Crippen LogP contribution in [0.1, 0.15) is 37.6 Å². The van der Waals surface area contributed by atoms with Crippen molar-refractivity contribution in [2.45, 2.75) is 32.7 Å². The Bertz CT molecular complexity index is 487. The van der Waals surface area contributed by atoms with Crippen LogP contribution < -0.4 is 5.32 Å². The molecule has 1 heterocycles. The molecule has 1 atom stereocenters. The monoisotopic (exact) mass is 312 g/mol. The second-order valence-corrected chi connectivity index (χ2v) is 5.66.